The van der Waals surface area contributed by atoms with Crippen LogP contribution >= 0.6 is 0 Å². The van der Waals surface area contributed by atoms with Crippen LogP contribution in [0.4, 0.5) is 0 Å². The Morgan fingerprint density at radius 2 is 1.14 bits per heavy atom. The third-order valence-electron chi connectivity index (χ3n) is 7.02. The molecule has 7 heteroatoms. The summed E-state index contributed by atoms with van der Waals surface area (Å²) in [5.41, 5.74) is 2.55. The minimum atomic E-state index is -0.552. The smallest absolute Gasteiger partial charge is 0.344 e. The van der Waals surface area contributed by atoms with E-state index in [9.17, 15) is 20.1 Å². The Labute approximate surface area is 193 Å². The average Bonchev–Trinajstić information content (AvgIpc) is 3.38. The molecule has 7 nitrogen and oxygen atoms in total. The van der Waals surface area contributed by atoms with E-state index in [0.29, 0.717) is 71.2 Å². The van der Waals surface area contributed by atoms with E-state index in [-0.39, 0.29) is 0 Å². The van der Waals surface area contributed by atoms with Crippen LogP contribution < -0.4 is 11.3 Å². The molecule has 0 saturated carbocycles. The molecule has 0 unspecified atom stereocenters. The molecular weight excluding hydrogens is 442 g/mol. The largest absolute Gasteiger partial charge is 0.422 e. The van der Waals surface area contributed by atoms with Crippen molar-refractivity contribution in [3.63, 3.8) is 0 Å². The second-order valence-corrected chi connectivity index (χ2v) is 8.65. The molecule has 35 heavy (non-hydrogen) atoms. The van der Waals surface area contributed by atoms with E-state index in [1.54, 1.807) is 42.5 Å². The highest BCUT2D eigenvalue weighted by molar-refractivity contribution is 6.41. The summed E-state index contributed by atoms with van der Waals surface area (Å²) in [4.78, 5) is 26.9. The van der Waals surface area contributed by atoms with Crippen LogP contribution in [0, 0.1) is 22.7 Å². The second kappa shape index (κ2) is 5.74. The summed E-state index contributed by atoms with van der Waals surface area (Å²) in [5.74, 6) is 0. The van der Waals surface area contributed by atoms with Gasteiger partial charge in [0.05, 0.1) is 56.0 Å². The second-order valence-electron chi connectivity index (χ2n) is 8.65. The SMILES string of the molecule is N#Cc1ccc2c3c4c(=O)oc5cccc6oc(=O)c(c4c56)c4c5ccc(C#N)cc5n(c2c1)c34. The van der Waals surface area contributed by atoms with Gasteiger partial charge in [-0.3, -0.25) is 0 Å². The molecule has 0 spiro atoms. The lowest BCUT2D eigenvalue weighted by Crippen LogP contribution is -2.07. The van der Waals surface area contributed by atoms with Gasteiger partial charge in [0.2, 0.25) is 0 Å². The summed E-state index contributed by atoms with van der Waals surface area (Å²) in [6.45, 7) is 0. The van der Waals surface area contributed by atoms with Crippen LogP contribution in [-0.4, -0.2) is 4.40 Å². The van der Waals surface area contributed by atoms with Gasteiger partial charge in [0.15, 0.2) is 0 Å². The molecular formula is C28H9N3O4. The van der Waals surface area contributed by atoms with Gasteiger partial charge in [-0.25, -0.2) is 9.59 Å². The summed E-state index contributed by atoms with van der Waals surface area (Å²) >= 11 is 0. The number of nitrogens with zero attached hydrogens (tertiary/aromatic N) is 3. The van der Waals surface area contributed by atoms with Gasteiger partial charge >= 0.3 is 11.3 Å². The van der Waals surface area contributed by atoms with Crippen molar-refractivity contribution in [3.05, 3.63) is 86.6 Å². The van der Waals surface area contributed by atoms with Crippen molar-refractivity contribution in [1.82, 2.24) is 4.40 Å². The first-order valence-electron chi connectivity index (χ1n) is 10.8. The lowest BCUT2D eigenvalue weighted by molar-refractivity contribution is 0.558. The molecule has 0 bridgehead atoms. The number of nitriles is 2. The zero-order valence-electron chi connectivity index (χ0n) is 17.7. The first-order valence-corrected chi connectivity index (χ1v) is 10.8. The van der Waals surface area contributed by atoms with Crippen molar-refractivity contribution in [2.75, 3.05) is 0 Å². The molecule has 0 aliphatic heterocycles. The van der Waals surface area contributed by atoms with Crippen LogP contribution in [0.1, 0.15) is 11.1 Å². The van der Waals surface area contributed by atoms with Crippen molar-refractivity contribution in [2.24, 2.45) is 0 Å². The number of hydrogen-bond donors (Lipinski definition) is 0. The van der Waals surface area contributed by atoms with Crippen molar-refractivity contribution >= 4 is 70.8 Å². The lowest BCUT2D eigenvalue weighted by Gasteiger charge is -2.10. The van der Waals surface area contributed by atoms with Crippen LogP contribution in [0.25, 0.3) is 70.8 Å². The zero-order valence-corrected chi connectivity index (χ0v) is 17.7. The first-order chi connectivity index (χ1) is 17.1. The van der Waals surface area contributed by atoms with Gasteiger partial charge < -0.3 is 13.2 Å². The lowest BCUT2D eigenvalue weighted by atomic mass is 9.95. The van der Waals surface area contributed by atoms with E-state index in [1.165, 1.54) is 0 Å². The van der Waals surface area contributed by atoms with Crippen molar-refractivity contribution in [1.29, 1.82) is 10.5 Å². The maximum atomic E-state index is 13.5. The molecule has 0 fully saturated rings. The molecule has 8 aromatic rings. The van der Waals surface area contributed by atoms with E-state index in [0.717, 1.165) is 10.8 Å². The van der Waals surface area contributed by atoms with Gasteiger partial charge in [-0.2, -0.15) is 10.5 Å². The number of rotatable bonds is 0. The van der Waals surface area contributed by atoms with Crippen molar-refractivity contribution in [2.45, 2.75) is 0 Å². The predicted octanol–water partition coefficient (Wildman–Crippen LogP) is 5.38. The molecule has 160 valence electrons. The number of aromatic nitrogens is 1. The van der Waals surface area contributed by atoms with Gasteiger partial charge in [-0.1, -0.05) is 18.2 Å². The summed E-state index contributed by atoms with van der Waals surface area (Å²) in [6, 6.07) is 19.9. The average molecular weight is 451 g/mol. The Hall–Kier alpha value is -5.40. The molecule has 4 aromatic heterocycles. The van der Waals surface area contributed by atoms with E-state index in [4.69, 9.17) is 8.83 Å². The molecule has 4 aromatic carbocycles. The summed E-state index contributed by atoms with van der Waals surface area (Å²) in [5, 5.41) is 23.6. The molecule has 4 heterocycles. The normalized spacial score (nSPS) is 12.2. The molecule has 8 rings (SSSR count). The topological polar surface area (TPSA) is 112 Å². The fourth-order valence-electron chi connectivity index (χ4n) is 5.74. The van der Waals surface area contributed by atoms with E-state index in [1.807, 2.05) is 16.5 Å². The molecule has 0 amide bonds. The highest BCUT2D eigenvalue weighted by Crippen LogP contribution is 2.46. The molecule has 0 N–H and O–H groups in total. The fraction of sp³-hybridized carbons (Fsp3) is 0. The number of benzene rings is 4. The zero-order chi connectivity index (χ0) is 23.6. The highest BCUT2D eigenvalue weighted by atomic mass is 16.4. The maximum absolute atomic E-state index is 13.5. The molecule has 0 saturated heterocycles. The van der Waals surface area contributed by atoms with Crippen molar-refractivity contribution < 1.29 is 8.83 Å². The van der Waals surface area contributed by atoms with Crippen LogP contribution in [0.3, 0.4) is 0 Å². The fourth-order valence-corrected chi connectivity index (χ4v) is 5.74. The van der Waals surface area contributed by atoms with E-state index < -0.39 is 11.3 Å². The predicted molar refractivity (Wildman–Crippen MR) is 131 cm³/mol. The minimum absolute atomic E-state index is 0.303. The summed E-state index contributed by atoms with van der Waals surface area (Å²) in [7, 11) is 0. The Balaban J connectivity index is 1.89. The third-order valence-corrected chi connectivity index (χ3v) is 7.02. The van der Waals surface area contributed by atoms with Gasteiger partial charge in [0.25, 0.3) is 0 Å². The van der Waals surface area contributed by atoms with E-state index in [2.05, 4.69) is 12.1 Å². The molecule has 0 aliphatic carbocycles. The van der Waals surface area contributed by atoms with Crippen LogP contribution in [0.5, 0.6) is 0 Å². The van der Waals surface area contributed by atoms with E-state index >= 15 is 0 Å². The summed E-state index contributed by atoms with van der Waals surface area (Å²) in [6.07, 6.45) is 0. The molecule has 0 aliphatic rings. The Bertz CT molecular complexity index is 2280. The van der Waals surface area contributed by atoms with Gasteiger partial charge in [0, 0.05) is 26.9 Å². The van der Waals surface area contributed by atoms with Crippen LogP contribution in [-0.2, 0) is 0 Å². The minimum Gasteiger partial charge on any atom is -0.422 e. The molecule has 0 radical (unpaired) electrons. The third kappa shape index (κ3) is 1.92. The maximum Gasteiger partial charge on any atom is 0.344 e. The first kappa shape index (κ1) is 18.1. The Morgan fingerprint density at radius 1 is 0.629 bits per heavy atom. The Kier molecular flexibility index (Phi) is 2.96. The van der Waals surface area contributed by atoms with Crippen molar-refractivity contribution in [3.8, 4) is 12.1 Å². The monoisotopic (exact) mass is 451 g/mol. The van der Waals surface area contributed by atoms with Gasteiger partial charge in [0.1, 0.15) is 11.2 Å². The van der Waals surface area contributed by atoms with Crippen LogP contribution in [0.15, 0.2) is 73.0 Å². The van der Waals surface area contributed by atoms with Gasteiger partial charge in [-0.15, -0.1) is 0 Å². The number of hydrogen-bond acceptors (Lipinski definition) is 6. The number of fused-ring (bicyclic) bond motifs is 8. The highest BCUT2D eigenvalue weighted by Gasteiger charge is 2.28. The quantitative estimate of drug-likeness (QED) is 0.226. The van der Waals surface area contributed by atoms with Crippen LogP contribution in [0.2, 0.25) is 0 Å². The van der Waals surface area contributed by atoms with Gasteiger partial charge in [-0.05, 0) is 36.4 Å². The summed E-state index contributed by atoms with van der Waals surface area (Å²) < 4.78 is 13.3. The molecule has 0 atom stereocenters. The standard InChI is InChI=1S/C28H9N3O4/c29-10-12-4-6-14-16(8-12)31-17-9-13(11-30)5-7-15(17)21-25-23-22-18(2-1-3-19(22)35-28(25)33)34-27(32)24(23)20(14)26(21)31/h1-9H. The Morgan fingerprint density at radius 3 is 1.63 bits per heavy atom.